The van der Waals surface area contributed by atoms with Gasteiger partial charge in [-0.1, -0.05) is 29.8 Å². The Balaban J connectivity index is 1.86. The van der Waals surface area contributed by atoms with Crippen molar-refractivity contribution in [2.75, 3.05) is 0 Å². The van der Waals surface area contributed by atoms with Gasteiger partial charge in [0.05, 0.1) is 10.7 Å². The number of nitrogens with zero attached hydrogens (tertiary/aromatic N) is 1. The van der Waals surface area contributed by atoms with Crippen LogP contribution in [0.1, 0.15) is 33.1 Å². The number of rotatable bonds is 5. The van der Waals surface area contributed by atoms with Crippen LogP contribution in [0.15, 0.2) is 24.3 Å². The van der Waals surface area contributed by atoms with Crippen molar-refractivity contribution >= 4 is 11.3 Å². The van der Waals surface area contributed by atoms with Crippen molar-refractivity contribution in [2.24, 2.45) is 5.73 Å². The maximum atomic E-state index is 6.22. The van der Waals surface area contributed by atoms with Crippen LogP contribution >= 0.6 is 11.3 Å². The first-order valence-corrected chi connectivity index (χ1v) is 7.60. The molecule has 0 bridgehead atoms. The van der Waals surface area contributed by atoms with Crippen LogP contribution in [-0.2, 0) is 12.8 Å². The van der Waals surface area contributed by atoms with E-state index in [1.54, 1.807) is 11.3 Å². The smallest absolute Gasteiger partial charge is 0.0946 e. The van der Waals surface area contributed by atoms with E-state index in [1.807, 2.05) is 0 Å². The van der Waals surface area contributed by atoms with Gasteiger partial charge >= 0.3 is 0 Å². The van der Waals surface area contributed by atoms with Crippen LogP contribution in [0, 0.1) is 20.8 Å². The van der Waals surface area contributed by atoms with E-state index in [-0.39, 0.29) is 6.04 Å². The number of benzene rings is 1. The van der Waals surface area contributed by atoms with E-state index in [1.165, 1.54) is 21.0 Å². The first-order chi connectivity index (χ1) is 9.04. The first-order valence-electron chi connectivity index (χ1n) is 6.78. The molecular weight excluding hydrogens is 252 g/mol. The van der Waals surface area contributed by atoms with Gasteiger partial charge in [0, 0.05) is 17.3 Å². The van der Waals surface area contributed by atoms with Gasteiger partial charge in [0.2, 0.25) is 0 Å². The molecule has 0 spiro atoms. The molecule has 1 aromatic heterocycles. The summed E-state index contributed by atoms with van der Waals surface area (Å²) in [5.74, 6) is 0. The second kappa shape index (κ2) is 6.31. The van der Waals surface area contributed by atoms with Crippen molar-refractivity contribution in [1.29, 1.82) is 0 Å². The van der Waals surface area contributed by atoms with Gasteiger partial charge in [0.15, 0.2) is 0 Å². The number of hydrogen-bond acceptors (Lipinski definition) is 3. The molecule has 0 radical (unpaired) electrons. The lowest BCUT2D eigenvalue weighted by molar-refractivity contribution is 0.608. The fraction of sp³-hybridized carbons (Fsp3) is 0.438. The number of hydrogen-bond donors (Lipinski definition) is 1. The molecular formula is C16H22N2S. The Bertz CT molecular complexity index is 526. The summed E-state index contributed by atoms with van der Waals surface area (Å²) in [5, 5.41) is 1.17. The van der Waals surface area contributed by atoms with Crippen molar-refractivity contribution < 1.29 is 0 Å². The zero-order valence-corrected chi connectivity index (χ0v) is 12.8. The predicted octanol–water partition coefficient (Wildman–Crippen LogP) is 3.57. The quantitative estimate of drug-likeness (QED) is 0.905. The number of aromatic nitrogens is 1. The maximum Gasteiger partial charge on any atom is 0.0946 e. The number of aryl methyl sites for hydroxylation is 4. The molecule has 2 rings (SSSR count). The van der Waals surface area contributed by atoms with Gasteiger partial charge in [-0.25, -0.2) is 4.98 Å². The molecule has 3 heteroatoms. The molecule has 19 heavy (non-hydrogen) atoms. The molecule has 0 aliphatic heterocycles. The van der Waals surface area contributed by atoms with Gasteiger partial charge in [0.1, 0.15) is 0 Å². The number of thiazole rings is 1. The van der Waals surface area contributed by atoms with Gasteiger partial charge in [-0.05, 0) is 39.2 Å². The Hall–Kier alpha value is -1.19. The summed E-state index contributed by atoms with van der Waals surface area (Å²) in [6.07, 6.45) is 2.96. The highest BCUT2D eigenvalue weighted by Crippen LogP contribution is 2.18. The lowest BCUT2D eigenvalue weighted by atomic mass is 10.0. The lowest BCUT2D eigenvalue weighted by Crippen LogP contribution is -2.23. The van der Waals surface area contributed by atoms with Crippen LogP contribution in [-0.4, -0.2) is 11.0 Å². The van der Waals surface area contributed by atoms with E-state index in [0.29, 0.717) is 0 Å². The molecule has 0 aliphatic carbocycles. The van der Waals surface area contributed by atoms with E-state index in [4.69, 9.17) is 5.73 Å². The van der Waals surface area contributed by atoms with Gasteiger partial charge in [-0.15, -0.1) is 11.3 Å². The zero-order chi connectivity index (χ0) is 13.8. The molecule has 1 atom stereocenters. The van der Waals surface area contributed by atoms with Crippen molar-refractivity contribution in [3.63, 3.8) is 0 Å². The second-order valence-corrected chi connectivity index (χ2v) is 6.53. The average molecular weight is 274 g/mol. The SMILES string of the molecule is Cc1cccc(CCC(N)Cc2nc(C)c(C)s2)c1. The maximum absolute atomic E-state index is 6.22. The summed E-state index contributed by atoms with van der Waals surface area (Å²) in [5.41, 5.74) is 10.1. The minimum absolute atomic E-state index is 0.200. The molecule has 1 aromatic carbocycles. The van der Waals surface area contributed by atoms with Crippen LogP contribution in [0.3, 0.4) is 0 Å². The molecule has 0 aliphatic rings. The minimum atomic E-state index is 0.200. The minimum Gasteiger partial charge on any atom is -0.327 e. The van der Waals surface area contributed by atoms with E-state index in [2.05, 4.69) is 50.0 Å². The van der Waals surface area contributed by atoms with E-state index < -0.39 is 0 Å². The molecule has 0 amide bonds. The van der Waals surface area contributed by atoms with E-state index in [9.17, 15) is 0 Å². The van der Waals surface area contributed by atoms with E-state index in [0.717, 1.165) is 25.0 Å². The summed E-state index contributed by atoms with van der Waals surface area (Å²) < 4.78 is 0. The highest BCUT2D eigenvalue weighted by atomic mass is 32.1. The van der Waals surface area contributed by atoms with Gasteiger partial charge in [-0.3, -0.25) is 0 Å². The summed E-state index contributed by atoms with van der Waals surface area (Å²) in [7, 11) is 0. The summed E-state index contributed by atoms with van der Waals surface area (Å²) >= 11 is 1.78. The largest absolute Gasteiger partial charge is 0.327 e. The second-order valence-electron chi connectivity index (χ2n) is 5.24. The Morgan fingerprint density at radius 3 is 2.68 bits per heavy atom. The highest BCUT2D eigenvalue weighted by Gasteiger charge is 2.09. The van der Waals surface area contributed by atoms with Crippen molar-refractivity contribution in [2.45, 2.75) is 46.1 Å². The monoisotopic (exact) mass is 274 g/mol. The molecule has 2 N–H and O–H groups in total. The zero-order valence-electron chi connectivity index (χ0n) is 11.9. The highest BCUT2D eigenvalue weighted by molar-refractivity contribution is 7.11. The molecule has 0 fully saturated rings. The van der Waals surface area contributed by atoms with Crippen molar-refractivity contribution in [3.8, 4) is 0 Å². The van der Waals surface area contributed by atoms with Gasteiger partial charge in [-0.2, -0.15) is 0 Å². The molecule has 0 saturated heterocycles. The Morgan fingerprint density at radius 2 is 2.05 bits per heavy atom. The normalized spacial score (nSPS) is 12.6. The average Bonchev–Trinajstić information content (AvgIpc) is 2.66. The summed E-state index contributed by atoms with van der Waals surface area (Å²) in [6.45, 7) is 6.31. The van der Waals surface area contributed by atoms with Crippen molar-refractivity contribution in [3.05, 3.63) is 51.0 Å². The van der Waals surface area contributed by atoms with Crippen LogP contribution < -0.4 is 5.73 Å². The first kappa shape index (κ1) is 14.2. The third kappa shape index (κ3) is 4.15. The number of nitrogens with two attached hydrogens (primary N) is 1. The third-order valence-electron chi connectivity index (χ3n) is 3.40. The summed E-state index contributed by atoms with van der Waals surface area (Å²) in [4.78, 5) is 5.86. The fourth-order valence-electron chi connectivity index (χ4n) is 2.17. The van der Waals surface area contributed by atoms with Crippen LogP contribution in [0.5, 0.6) is 0 Å². The molecule has 1 unspecified atom stereocenters. The van der Waals surface area contributed by atoms with Crippen LogP contribution in [0.25, 0.3) is 0 Å². The Kier molecular flexibility index (Phi) is 4.72. The molecule has 2 nitrogen and oxygen atoms in total. The summed E-state index contributed by atoms with van der Waals surface area (Å²) in [6, 6.07) is 8.86. The van der Waals surface area contributed by atoms with Gasteiger partial charge < -0.3 is 5.73 Å². The molecule has 0 saturated carbocycles. The molecule has 1 heterocycles. The Labute approximate surface area is 119 Å². The predicted molar refractivity (Wildman–Crippen MR) is 82.8 cm³/mol. The van der Waals surface area contributed by atoms with Crippen LogP contribution in [0.4, 0.5) is 0 Å². The van der Waals surface area contributed by atoms with Crippen LogP contribution in [0.2, 0.25) is 0 Å². The Morgan fingerprint density at radius 1 is 1.26 bits per heavy atom. The lowest BCUT2D eigenvalue weighted by Gasteiger charge is -2.10. The van der Waals surface area contributed by atoms with Crippen molar-refractivity contribution in [1.82, 2.24) is 4.98 Å². The van der Waals surface area contributed by atoms with E-state index >= 15 is 0 Å². The fourth-order valence-corrected chi connectivity index (χ4v) is 3.20. The topological polar surface area (TPSA) is 38.9 Å². The standard InChI is InChI=1S/C16H22N2S/c1-11-5-4-6-14(9-11)7-8-15(17)10-16-18-12(2)13(3)19-16/h4-6,9,15H,7-8,10,17H2,1-3H3. The molecule has 102 valence electrons. The third-order valence-corrected chi connectivity index (χ3v) is 4.49. The molecule has 2 aromatic rings. The van der Waals surface area contributed by atoms with Gasteiger partial charge in [0.25, 0.3) is 0 Å².